The fraction of sp³-hybridized carbons (Fsp3) is 0.467. The van der Waals surface area contributed by atoms with E-state index in [2.05, 4.69) is 10.0 Å². The highest BCUT2D eigenvalue weighted by Gasteiger charge is 2.25. The maximum absolute atomic E-state index is 12.4. The maximum atomic E-state index is 12.4. The summed E-state index contributed by atoms with van der Waals surface area (Å²) >= 11 is 6.04. The number of ether oxygens (including phenoxy) is 1. The normalized spacial score (nSPS) is 17.0. The minimum Gasteiger partial charge on any atom is -0.482 e. The van der Waals surface area contributed by atoms with Gasteiger partial charge in [0.2, 0.25) is 15.9 Å². The summed E-state index contributed by atoms with van der Waals surface area (Å²) in [5, 5.41) is 2.52. The van der Waals surface area contributed by atoms with Gasteiger partial charge in [-0.1, -0.05) is 11.6 Å². The smallest absolute Gasteiger partial charge is 0.262 e. The molecule has 0 bridgehead atoms. The van der Waals surface area contributed by atoms with Crippen molar-refractivity contribution in [2.45, 2.75) is 24.2 Å². The van der Waals surface area contributed by atoms with Gasteiger partial charge >= 0.3 is 0 Å². The molecule has 0 atom stereocenters. The summed E-state index contributed by atoms with van der Waals surface area (Å²) < 4.78 is 32.5. The molecule has 0 spiro atoms. The fourth-order valence-corrected chi connectivity index (χ4v) is 4.35. The number of hydrogen-bond donors (Lipinski definition) is 2. The van der Waals surface area contributed by atoms with Crippen molar-refractivity contribution >= 4 is 39.1 Å². The Bertz CT molecular complexity index is 806. The molecule has 1 fully saturated rings. The predicted molar refractivity (Wildman–Crippen MR) is 91.2 cm³/mol. The Morgan fingerprint density at radius 2 is 2.04 bits per heavy atom. The number of nitrogens with one attached hydrogen (secondary N) is 2. The van der Waals surface area contributed by atoms with Crippen LogP contribution in [0, 0.1) is 0 Å². The molecule has 0 aliphatic carbocycles. The summed E-state index contributed by atoms with van der Waals surface area (Å²) in [6, 6.07) is 2.60. The largest absolute Gasteiger partial charge is 0.482 e. The molecular weight excluding hydrogens is 370 g/mol. The van der Waals surface area contributed by atoms with Crippen molar-refractivity contribution in [3.63, 3.8) is 0 Å². The Morgan fingerprint density at radius 3 is 2.76 bits per heavy atom. The molecule has 2 aliphatic rings. The zero-order valence-corrected chi connectivity index (χ0v) is 15.0. The van der Waals surface area contributed by atoms with E-state index in [4.69, 9.17) is 16.3 Å². The van der Waals surface area contributed by atoms with Gasteiger partial charge in [0.1, 0.15) is 10.6 Å². The number of rotatable bonds is 5. The van der Waals surface area contributed by atoms with Crippen molar-refractivity contribution in [3.8, 4) is 5.75 Å². The molecule has 25 heavy (non-hydrogen) atoms. The third-order valence-electron chi connectivity index (χ3n) is 4.05. The molecule has 0 saturated carbocycles. The minimum atomic E-state index is -3.90. The number of anilines is 1. The molecule has 0 radical (unpaired) electrons. The molecule has 1 aromatic rings. The highest BCUT2D eigenvalue weighted by Crippen LogP contribution is 2.35. The van der Waals surface area contributed by atoms with Crippen molar-refractivity contribution in [2.75, 3.05) is 31.6 Å². The van der Waals surface area contributed by atoms with Gasteiger partial charge in [0.05, 0.1) is 10.7 Å². The number of benzene rings is 1. The number of sulfonamides is 1. The molecule has 10 heteroatoms. The van der Waals surface area contributed by atoms with Crippen molar-refractivity contribution in [2.24, 2.45) is 0 Å². The molecule has 1 aromatic carbocycles. The Kier molecular flexibility index (Phi) is 5.16. The van der Waals surface area contributed by atoms with E-state index in [1.165, 1.54) is 12.1 Å². The van der Waals surface area contributed by atoms with Gasteiger partial charge in [0, 0.05) is 32.1 Å². The van der Waals surface area contributed by atoms with Crippen LogP contribution in [0.3, 0.4) is 0 Å². The van der Waals surface area contributed by atoms with Crippen LogP contribution in [0.1, 0.15) is 19.3 Å². The highest BCUT2D eigenvalue weighted by atomic mass is 35.5. The van der Waals surface area contributed by atoms with E-state index in [0.29, 0.717) is 5.69 Å². The molecule has 136 valence electrons. The summed E-state index contributed by atoms with van der Waals surface area (Å²) in [5.74, 6) is -0.168. The van der Waals surface area contributed by atoms with E-state index in [9.17, 15) is 18.0 Å². The van der Waals surface area contributed by atoms with Crippen LogP contribution in [0.2, 0.25) is 5.02 Å². The first-order valence-corrected chi connectivity index (χ1v) is 9.76. The molecule has 2 aliphatic heterocycles. The van der Waals surface area contributed by atoms with Crippen LogP contribution in [0.5, 0.6) is 5.75 Å². The Balaban J connectivity index is 1.67. The van der Waals surface area contributed by atoms with Crippen LogP contribution in [0.4, 0.5) is 5.69 Å². The van der Waals surface area contributed by atoms with Gasteiger partial charge in [-0.3, -0.25) is 9.59 Å². The standard InChI is InChI=1S/C15H18ClN3O5S/c16-10-7-11-12(24-9-14(20)18-11)8-13(10)25(22,23)17-4-3-15(21)19-5-1-2-6-19/h7-8,17H,1-6,9H2,(H,18,20). The molecule has 0 aromatic heterocycles. The van der Waals surface area contributed by atoms with Gasteiger partial charge in [-0.2, -0.15) is 0 Å². The zero-order chi connectivity index (χ0) is 18.0. The van der Waals surface area contributed by atoms with Gasteiger partial charge < -0.3 is 15.0 Å². The van der Waals surface area contributed by atoms with Crippen molar-refractivity contribution in [1.29, 1.82) is 0 Å². The van der Waals surface area contributed by atoms with Crippen LogP contribution in [-0.2, 0) is 19.6 Å². The first kappa shape index (κ1) is 18.0. The van der Waals surface area contributed by atoms with Gasteiger partial charge in [-0.25, -0.2) is 13.1 Å². The van der Waals surface area contributed by atoms with E-state index >= 15 is 0 Å². The highest BCUT2D eigenvalue weighted by molar-refractivity contribution is 7.89. The molecule has 2 amide bonds. The zero-order valence-electron chi connectivity index (χ0n) is 13.4. The number of carbonyl (C=O) groups is 2. The number of amides is 2. The maximum Gasteiger partial charge on any atom is 0.262 e. The van der Waals surface area contributed by atoms with Gasteiger partial charge in [-0.05, 0) is 18.9 Å². The Hall–Kier alpha value is -1.84. The van der Waals surface area contributed by atoms with Crippen molar-refractivity contribution in [1.82, 2.24) is 9.62 Å². The van der Waals surface area contributed by atoms with Crippen LogP contribution >= 0.6 is 11.6 Å². The second-order valence-corrected chi connectivity index (χ2v) is 7.99. The van der Waals surface area contributed by atoms with Crippen LogP contribution in [0.25, 0.3) is 0 Å². The summed E-state index contributed by atoms with van der Waals surface area (Å²) in [5.41, 5.74) is 0.324. The third kappa shape index (κ3) is 4.05. The monoisotopic (exact) mass is 387 g/mol. The topological polar surface area (TPSA) is 105 Å². The predicted octanol–water partition coefficient (Wildman–Crippen LogP) is 0.962. The molecule has 3 rings (SSSR count). The van der Waals surface area contributed by atoms with Crippen molar-refractivity contribution < 1.29 is 22.7 Å². The number of likely N-dealkylation sites (tertiary alicyclic amines) is 1. The molecule has 8 nitrogen and oxygen atoms in total. The van der Waals surface area contributed by atoms with Crippen LogP contribution in [0.15, 0.2) is 17.0 Å². The lowest BCUT2D eigenvalue weighted by atomic mass is 10.2. The molecule has 1 saturated heterocycles. The van der Waals surface area contributed by atoms with E-state index in [1.807, 2.05) is 0 Å². The molecule has 2 heterocycles. The van der Waals surface area contributed by atoms with E-state index in [1.54, 1.807) is 4.90 Å². The molecule has 0 unspecified atom stereocenters. The second-order valence-electron chi connectivity index (χ2n) is 5.85. The minimum absolute atomic E-state index is 0.0112. The first-order chi connectivity index (χ1) is 11.9. The third-order valence-corrected chi connectivity index (χ3v) is 5.97. The van der Waals surface area contributed by atoms with Gasteiger partial charge in [-0.15, -0.1) is 0 Å². The summed E-state index contributed by atoms with van der Waals surface area (Å²) in [6.07, 6.45) is 2.06. The number of carbonyl (C=O) groups excluding carboxylic acids is 2. The lowest BCUT2D eigenvalue weighted by molar-refractivity contribution is -0.129. The lowest BCUT2D eigenvalue weighted by Gasteiger charge is -2.19. The van der Waals surface area contributed by atoms with Crippen LogP contribution in [-0.4, -0.2) is 51.4 Å². The summed E-state index contributed by atoms with van der Waals surface area (Å²) in [6.45, 7) is 1.26. The van der Waals surface area contributed by atoms with Gasteiger partial charge in [0.25, 0.3) is 5.91 Å². The fourth-order valence-electron chi connectivity index (χ4n) is 2.78. The number of hydrogen-bond acceptors (Lipinski definition) is 5. The van der Waals surface area contributed by atoms with E-state index in [0.717, 1.165) is 25.9 Å². The van der Waals surface area contributed by atoms with Crippen LogP contribution < -0.4 is 14.8 Å². The average molecular weight is 388 g/mol. The average Bonchev–Trinajstić information content (AvgIpc) is 3.08. The summed E-state index contributed by atoms with van der Waals surface area (Å²) in [4.78, 5) is 24.8. The van der Waals surface area contributed by atoms with E-state index in [-0.39, 0.29) is 47.1 Å². The number of fused-ring (bicyclic) bond motifs is 1. The SMILES string of the molecule is O=C1COc2cc(S(=O)(=O)NCCC(=O)N3CCCC3)c(Cl)cc2N1. The quantitative estimate of drug-likeness (QED) is 0.783. The summed E-state index contributed by atoms with van der Waals surface area (Å²) in [7, 11) is -3.90. The Labute approximate surface area is 150 Å². The van der Waals surface area contributed by atoms with Gasteiger partial charge in [0.15, 0.2) is 6.61 Å². The first-order valence-electron chi connectivity index (χ1n) is 7.90. The number of nitrogens with zero attached hydrogens (tertiary/aromatic N) is 1. The number of halogens is 1. The van der Waals surface area contributed by atoms with E-state index < -0.39 is 10.0 Å². The second kappa shape index (κ2) is 7.19. The molecule has 2 N–H and O–H groups in total. The molecular formula is C15H18ClN3O5S. The lowest BCUT2D eigenvalue weighted by Crippen LogP contribution is -2.33. The Morgan fingerprint density at radius 1 is 1.32 bits per heavy atom. The van der Waals surface area contributed by atoms with Crippen molar-refractivity contribution in [3.05, 3.63) is 17.2 Å².